The Bertz CT molecular complexity index is 1510. The zero-order valence-electron chi connectivity index (χ0n) is 24.6. The van der Waals surface area contributed by atoms with Gasteiger partial charge in [0.15, 0.2) is 6.10 Å². The predicted molar refractivity (Wildman–Crippen MR) is 161 cm³/mol. The van der Waals surface area contributed by atoms with Crippen LogP contribution in [0.4, 0.5) is 5.69 Å². The van der Waals surface area contributed by atoms with E-state index in [0.717, 1.165) is 49.5 Å². The predicted octanol–water partition coefficient (Wildman–Crippen LogP) is 4.10. The first kappa shape index (κ1) is 29.9. The molecule has 1 amide bonds. The maximum absolute atomic E-state index is 13.9. The number of morpholine rings is 1. The van der Waals surface area contributed by atoms with Gasteiger partial charge in [0.25, 0.3) is 15.9 Å². The van der Waals surface area contributed by atoms with Crippen molar-refractivity contribution in [2.45, 2.75) is 50.3 Å². The van der Waals surface area contributed by atoms with Crippen LogP contribution in [0.1, 0.15) is 37.5 Å². The van der Waals surface area contributed by atoms with Gasteiger partial charge in [0.2, 0.25) is 0 Å². The number of hydrogen-bond acceptors (Lipinski definition) is 7. The highest BCUT2D eigenvalue weighted by atomic mass is 32.2. The van der Waals surface area contributed by atoms with Gasteiger partial charge >= 0.3 is 0 Å². The van der Waals surface area contributed by atoms with E-state index in [9.17, 15) is 13.2 Å². The lowest BCUT2D eigenvalue weighted by Crippen LogP contribution is -2.50. The van der Waals surface area contributed by atoms with Gasteiger partial charge in [0, 0.05) is 26.2 Å². The highest BCUT2D eigenvalue weighted by molar-refractivity contribution is 7.92. The smallest absolute Gasteiger partial charge is 0.264 e. The van der Waals surface area contributed by atoms with Crippen molar-refractivity contribution in [1.29, 1.82) is 0 Å². The third kappa shape index (κ3) is 6.72. The van der Waals surface area contributed by atoms with Crippen LogP contribution < -0.4 is 19.1 Å². The first-order valence-electron chi connectivity index (χ1n) is 14.2. The van der Waals surface area contributed by atoms with Gasteiger partial charge in [0.1, 0.15) is 11.5 Å². The van der Waals surface area contributed by atoms with Crippen LogP contribution in [0.15, 0.2) is 71.6 Å². The topological polar surface area (TPSA) is 97.4 Å². The zero-order valence-corrected chi connectivity index (χ0v) is 25.4. The van der Waals surface area contributed by atoms with Crippen molar-refractivity contribution < 1.29 is 27.4 Å². The molecule has 10 heteroatoms. The molecule has 0 aromatic heterocycles. The molecular formula is C32H39N3O6S. The quantitative estimate of drug-likeness (QED) is 0.420. The molecule has 0 aliphatic carbocycles. The Morgan fingerprint density at radius 2 is 1.71 bits per heavy atom. The van der Waals surface area contributed by atoms with Crippen LogP contribution >= 0.6 is 0 Å². The van der Waals surface area contributed by atoms with Gasteiger partial charge in [-0.3, -0.25) is 14.0 Å². The summed E-state index contributed by atoms with van der Waals surface area (Å²) in [5.41, 5.74) is 3.29. The van der Waals surface area contributed by atoms with Gasteiger partial charge < -0.3 is 19.5 Å². The van der Waals surface area contributed by atoms with Gasteiger partial charge in [-0.15, -0.1) is 0 Å². The number of ether oxygens (including phenoxy) is 3. The lowest BCUT2D eigenvalue weighted by molar-refractivity contribution is -0.127. The lowest BCUT2D eigenvalue weighted by atomic mass is 9.86. The Labute approximate surface area is 248 Å². The highest BCUT2D eigenvalue weighted by Crippen LogP contribution is 2.40. The van der Waals surface area contributed by atoms with Gasteiger partial charge in [-0.2, -0.15) is 0 Å². The minimum absolute atomic E-state index is 0.105. The van der Waals surface area contributed by atoms with Gasteiger partial charge in [-0.1, -0.05) is 51.1 Å². The second kappa shape index (κ2) is 12.3. The summed E-state index contributed by atoms with van der Waals surface area (Å²) in [6, 6.07) is 19.9. The molecule has 1 fully saturated rings. The summed E-state index contributed by atoms with van der Waals surface area (Å²) in [6.45, 7) is 10.4. The fourth-order valence-electron chi connectivity index (χ4n) is 5.12. The Hall–Kier alpha value is -3.60. The SMILES string of the molecule is COc1ccc(S(=O)(=O)N2CC(C(=O)NCc3cccc(CN4CCOCC4)c3)Oc3ccc(C(C)(C)C)cc32)cc1. The van der Waals surface area contributed by atoms with E-state index in [1.165, 1.54) is 23.5 Å². The number of sulfonamides is 1. The number of amides is 1. The standard InChI is InChI=1S/C32H39N3O6S/c1-32(2,3)25-8-13-29-28(19-25)35(42(37,38)27-11-9-26(39-4)10-12-27)22-30(41-29)31(36)33-20-23-6-5-7-24(18-23)21-34-14-16-40-17-15-34/h5-13,18-19,30H,14-17,20-22H2,1-4H3,(H,33,36). The van der Waals surface area contributed by atoms with E-state index in [2.05, 4.69) is 43.1 Å². The van der Waals surface area contributed by atoms with Crippen LogP contribution in [0.25, 0.3) is 0 Å². The average Bonchev–Trinajstić information content (AvgIpc) is 2.99. The maximum Gasteiger partial charge on any atom is 0.264 e. The lowest BCUT2D eigenvalue weighted by Gasteiger charge is -2.36. The van der Waals surface area contributed by atoms with Crippen LogP contribution in [0, 0.1) is 0 Å². The number of rotatable bonds is 8. The zero-order chi connectivity index (χ0) is 29.9. The summed E-state index contributed by atoms with van der Waals surface area (Å²) in [4.78, 5) is 15.9. The summed E-state index contributed by atoms with van der Waals surface area (Å²) in [5.74, 6) is 0.519. The van der Waals surface area contributed by atoms with Crippen molar-refractivity contribution in [3.05, 3.63) is 83.4 Å². The molecule has 9 nitrogen and oxygen atoms in total. The first-order chi connectivity index (χ1) is 20.0. The minimum atomic E-state index is -4.01. The van der Waals surface area contributed by atoms with E-state index < -0.39 is 16.1 Å². The number of nitrogens with zero attached hydrogens (tertiary/aromatic N) is 2. The fourth-order valence-corrected chi connectivity index (χ4v) is 6.58. The molecular weight excluding hydrogens is 554 g/mol. The Kier molecular flexibility index (Phi) is 8.77. The van der Waals surface area contributed by atoms with E-state index >= 15 is 0 Å². The second-order valence-corrected chi connectivity index (χ2v) is 13.5. The van der Waals surface area contributed by atoms with Crippen LogP contribution in [-0.4, -0.2) is 65.3 Å². The summed E-state index contributed by atoms with van der Waals surface area (Å²) in [6.07, 6.45) is -1.03. The van der Waals surface area contributed by atoms with E-state index in [0.29, 0.717) is 23.7 Å². The van der Waals surface area contributed by atoms with Crippen molar-refractivity contribution in [3.8, 4) is 11.5 Å². The van der Waals surface area contributed by atoms with E-state index in [1.54, 1.807) is 18.2 Å². The fraction of sp³-hybridized carbons (Fsp3) is 0.406. The molecule has 0 spiro atoms. The number of anilines is 1. The molecule has 1 saturated heterocycles. The number of hydrogen-bond donors (Lipinski definition) is 1. The van der Waals surface area contributed by atoms with Crippen molar-refractivity contribution in [2.75, 3.05) is 44.3 Å². The van der Waals surface area contributed by atoms with Crippen molar-refractivity contribution >= 4 is 21.6 Å². The summed E-state index contributed by atoms with van der Waals surface area (Å²) in [5, 5.41) is 2.96. The van der Waals surface area contributed by atoms with Crippen LogP contribution in [0.3, 0.4) is 0 Å². The number of carbonyl (C=O) groups excluding carboxylic acids is 1. The number of benzene rings is 3. The average molecular weight is 594 g/mol. The number of fused-ring (bicyclic) bond motifs is 1. The first-order valence-corrected chi connectivity index (χ1v) is 15.6. The Morgan fingerprint density at radius 3 is 2.40 bits per heavy atom. The molecule has 2 aliphatic heterocycles. The van der Waals surface area contributed by atoms with Gasteiger partial charge in [-0.25, -0.2) is 8.42 Å². The molecule has 1 unspecified atom stereocenters. The molecule has 224 valence electrons. The summed E-state index contributed by atoms with van der Waals surface area (Å²) >= 11 is 0. The second-order valence-electron chi connectivity index (χ2n) is 11.7. The van der Waals surface area contributed by atoms with Gasteiger partial charge in [0.05, 0.1) is 37.5 Å². The molecule has 3 aromatic rings. The number of carbonyl (C=O) groups is 1. The normalized spacial score (nSPS) is 17.7. The maximum atomic E-state index is 13.9. The molecule has 5 rings (SSSR count). The molecule has 2 aliphatic rings. The molecule has 42 heavy (non-hydrogen) atoms. The van der Waals surface area contributed by atoms with Crippen molar-refractivity contribution in [1.82, 2.24) is 10.2 Å². The molecule has 2 heterocycles. The van der Waals surface area contributed by atoms with Crippen LogP contribution in [0.2, 0.25) is 0 Å². The third-order valence-electron chi connectivity index (χ3n) is 7.60. The van der Waals surface area contributed by atoms with Crippen LogP contribution in [-0.2, 0) is 38.1 Å². The van der Waals surface area contributed by atoms with Crippen molar-refractivity contribution in [2.24, 2.45) is 0 Å². The molecule has 0 bridgehead atoms. The molecule has 3 aromatic carbocycles. The Morgan fingerprint density at radius 1 is 1.00 bits per heavy atom. The van der Waals surface area contributed by atoms with Crippen molar-refractivity contribution in [3.63, 3.8) is 0 Å². The summed E-state index contributed by atoms with van der Waals surface area (Å²) in [7, 11) is -2.48. The molecule has 0 saturated carbocycles. The number of methoxy groups -OCH3 is 1. The number of nitrogens with one attached hydrogen (secondary N) is 1. The monoisotopic (exact) mass is 593 g/mol. The van der Waals surface area contributed by atoms with Crippen LogP contribution in [0.5, 0.6) is 11.5 Å². The molecule has 0 radical (unpaired) electrons. The molecule has 1 atom stereocenters. The van der Waals surface area contributed by atoms with E-state index in [-0.39, 0.29) is 22.8 Å². The largest absolute Gasteiger partial charge is 0.497 e. The molecule has 1 N–H and O–H groups in total. The summed E-state index contributed by atoms with van der Waals surface area (Å²) < 4.78 is 45.9. The Balaban J connectivity index is 1.36. The van der Waals surface area contributed by atoms with E-state index in [1.807, 2.05) is 24.3 Å². The van der Waals surface area contributed by atoms with E-state index in [4.69, 9.17) is 14.2 Å². The van der Waals surface area contributed by atoms with Gasteiger partial charge in [-0.05, 0) is 58.5 Å². The minimum Gasteiger partial charge on any atom is -0.497 e. The highest BCUT2D eigenvalue weighted by Gasteiger charge is 2.38. The third-order valence-corrected chi connectivity index (χ3v) is 9.40.